The third-order valence-corrected chi connectivity index (χ3v) is 5.23. The second-order valence-electron chi connectivity index (χ2n) is 7.48. The number of nitriles is 1. The van der Waals surface area contributed by atoms with E-state index >= 15 is 0 Å². The van der Waals surface area contributed by atoms with Gasteiger partial charge in [0.1, 0.15) is 0 Å². The highest BCUT2D eigenvalue weighted by molar-refractivity contribution is 4.95. The summed E-state index contributed by atoms with van der Waals surface area (Å²) in [6.07, 6.45) is 23.1. The lowest BCUT2D eigenvalue weighted by Gasteiger charge is -2.21. The van der Waals surface area contributed by atoms with Gasteiger partial charge >= 0.3 is 0 Å². The van der Waals surface area contributed by atoms with Crippen molar-refractivity contribution in [2.45, 2.75) is 116 Å². The summed E-state index contributed by atoms with van der Waals surface area (Å²) in [5, 5.41) is 9.46. The molecule has 1 aliphatic carbocycles. The monoisotopic (exact) mass is 291 g/mol. The lowest BCUT2D eigenvalue weighted by Crippen LogP contribution is -2.13. The van der Waals surface area contributed by atoms with E-state index in [1.165, 1.54) is 96.3 Å². The quantitative estimate of drug-likeness (QED) is 0.464. The van der Waals surface area contributed by atoms with Crippen molar-refractivity contribution in [2.75, 3.05) is 0 Å². The van der Waals surface area contributed by atoms with Crippen LogP contribution in [0.2, 0.25) is 0 Å². The Hall–Kier alpha value is -0.510. The Balaban J connectivity index is 2.27. The Kier molecular flexibility index (Phi) is 10.7. The molecule has 1 aliphatic rings. The first kappa shape index (κ1) is 18.5. The van der Waals surface area contributed by atoms with Crippen LogP contribution in [0.1, 0.15) is 116 Å². The van der Waals surface area contributed by atoms with Crippen molar-refractivity contribution in [3.63, 3.8) is 0 Å². The van der Waals surface area contributed by atoms with E-state index in [0.717, 1.165) is 12.8 Å². The van der Waals surface area contributed by atoms with Gasteiger partial charge in [0.25, 0.3) is 0 Å². The van der Waals surface area contributed by atoms with Crippen LogP contribution in [0.25, 0.3) is 0 Å². The van der Waals surface area contributed by atoms with Crippen molar-refractivity contribution in [2.24, 2.45) is 5.41 Å². The highest BCUT2D eigenvalue weighted by Crippen LogP contribution is 2.30. The zero-order valence-corrected chi connectivity index (χ0v) is 14.5. The van der Waals surface area contributed by atoms with Crippen LogP contribution < -0.4 is 0 Å². The Labute approximate surface area is 133 Å². The van der Waals surface area contributed by atoms with E-state index in [1.54, 1.807) is 0 Å². The van der Waals surface area contributed by atoms with Gasteiger partial charge in [0.05, 0.1) is 11.5 Å². The van der Waals surface area contributed by atoms with Gasteiger partial charge in [0.15, 0.2) is 0 Å². The summed E-state index contributed by atoms with van der Waals surface area (Å²) in [5.74, 6) is 0. The molecule has 0 spiro atoms. The predicted molar refractivity (Wildman–Crippen MR) is 92.2 cm³/mol. The second kappa shape index (κ2) is 12.1. The summed E-state index contributed by atoms with van der Waals surface area (Å²) >= 11 is 0. The molecule has 1 rings (SSSR count). The predicted octanol–water partition coefficient (Wildman–Crippen LogP) is 7.16. The summed E-state index contributed by atoms with van der Waals surface area (Å²) in [4.78, 5) is 0. The Morgan fingerprint density at radius 1 is 0.524 bits per heavy atom. The molecule has 0 aromatic rings. The standard InChI is InChI=1S/C20H37N/c1-20(19-21)17-15-13-11-9-7-5-3-2-4-6-8-10-12-14-16-18-20/h2-18H2,1H3. The van der Waals surface area contributed by atoms with Crippen LogP contribution in [0, 0.1) is 16.7 Å². The van der Waals surface area contributed by atoms with Crippen molar-refractivity contribution >= 4 is 0 Å². The molecule has 0 N–H and O–H groups in total. The van der Waals surface area contributed by atoms with Crippen LogP contribution in [0.4, 0.5) is 0 Å². The molecule has 0 radical (unpaired) electrons. The fourth-order valence-corrected chi connectivity index (χ4v) is 3.57. The summed E-state index contributed by atoms with van der Waals surface area (Å²) < 4.78 is 0. The molecular weight excluding hydrogens is 254 g/mol. The van der Waals surface area contributed by atoms with Crippen molar-refractivity contribution in [3.05, 3.63) is 0 Å². The van der Waals surface area contributed by atoms with Crippen LogP contribution in [0.3, 0.4) is 0 Å². The van der Waals surface area contributed by atoms with Gasteiger partial charge in [-0.2, -0.15) is 5.26 Å². The van der Waals surface area contributed by atoms with E-state index in [4.69, 9.17) is 0 Å². The van der Waals surface area contributed by atoms with E-state index in [0.29, 0.717) is 0 Å². The number of nitrogens with zero attached hydrogens (tertiary/aromatic N) is 1. The molecule has 21 heavy (non-hydrogen) atoms. The molecule has 0 saturated heterocycles. The SMILES string of the molecule is CC1(C#N)CCCCCCCCCCCCCCCCC1. The number of rotatable bonds is 0. The minimum atomic E-state index is -0.0502. The molecule has 0 aromatic heterocycles. The summed E-state index contributed by atoms with van der Waals surface area (Å²) in [5.41, 5.74) is -0.0502. The van der Waals surface area contributed by atoms with Crippen molar-refractivity contribution in [1.29, 1.82) is 5.26 Å². The van der Waals surface area contributed by atoms with E-state index in [1.807, 2.05) is 0 Å². The zero-order valence-electron chi connectivity index (χ0n) is 14.5. The fraction of sp³-hybridized carbons (Fsp3) is 0.950. The molecule has 122 valence electrons. The van der Waals surface area contributed by atoms with Crippen LogP contribution in [0.15, 0.2) is 0 Å². The van der Waals surface area contributed by atoms with Crippen LogP contribution in [-0.4, -0.2) is 0 Å². The van der Waals surface area contributed by atoms with Crippen molar-refractivity contribution < 1.29 is 0 Å². The van der Waals surface area contributed by atoms with Crippen molar-refractivity contribution in [1.82, 2.24) is 0 Å². The van der Waals surface area contributed by atoms with E-state index in [-0.39, 0.29) is 5.41 Å². The molecule has 0 aromatic carbocycles. The van der Waals surface area contributed by atoms with Gasteiger partial charge in [-0.1, -0.05) is 96.3 Å². The zero-order chi connectivity index (χ0) is 15.2. The van der Waals surface area contributed by atoms with Crippen LogP contribution >= 0.6 is 0 Å². The molecule has 0 amide bonds. The van der Waals surface area contributed by atoms with Gasteiger partial charge in [-0.05, 0) is 19.8 Å². The normalized spacial score (nSPS) is 24.4. The number of hydrogen-bond acceptors (Lipinski definition) is 1. The topological polar surface area (TPSA) is 23.8 Å². The van der Waals surface area contributed by atoms with E-state index in [2.05, 4.69) is 13.0 Å². The Morgan fingerprint density at radius 2 is 0.762 bits per heavy atom. The molecule has 1 fully saturated rings. The van der Waals surface area contributed by atoms with Gasteiger partial charge in [0, 0.05) is 0 Å². The maximum absolute atomic E-state index is 9.46. The van der Waals surface area contributed by atoms with E-state index in [9.17, 15) is 5.26 Å². The average Bonchev–Trinajstić information content (AvgIpc) is 2.49. The molecule has 0 atom stereocenters. The molecular formula is C20H37N. The molecule has 1 saturated carbocycles. The smallest absolute Gasteiger partial charge is 0.0686 e. The Bertz CT molecular complexity index is 258. The lowest BCUT2D eigenvalue weighted by molar-refractivity contribution is 0.337. The number of hydrogen-bond donors (Lipinski definition) is 0. The van der Waals surface area contributed by atoms with Gasteiger partial charge in [-0.3, -0.25) is 0 Å². The van der Waals surface area contributed by atoms with E-state index < -0.39 is 0 Å². The maximum Gasteiger partial charge on any atom is 0.0686 e. The molecule has 0 bridgehead atoms. The summed E-state index contributed by atoms with van der Waals surface area (Å²) in [6.45, 7) is 2.19. The van der Waals surface area contributed by atoms with Gasteiger partial charge in [-0.15, -0.1) is 0 Å². The molecule has 0 aliphatic heterocycles. The largest absolute Gasteiger partial charge is 0.198 e. The first-order chi connectivity index (χ1) is 10.3. The lowest BCUT2D eigenvalue weighted by atomic mass is 9.81. The van der Waals surface area contributed by atoms with Crippen molar-refractivity contribution in [3.8, 4) is 6.07 Å². The Morgan fingerprint density at radius 3 is 1.00 bits per heavy atom. The minimum Gasteiger partial charge on any atom is -0.198 e. The first-order valence-corrected chi connectivity index (χ1v) is 9.68. The average molecular weight is 292 g/mol. The van der Waals surface area contributed by atoms with Gasteiger partial charge in [-0.25, -0.2) is 0 Å². The molecule has 0 heterocycles. The minimum absolute atomic E-state index is 0.0502. The first-order valence-electron chi connectivity index (χ1n) is 9.68. The van der Waals surface area contributed by atoms with Crippen LogP contribution in [0.5, 0.6) is 0 Å². The highest BCUT2D eigenvalue weighted by atomic mass is 14.3. The molecule has 0 unspecified atom stereocenters. The third kappa shape index (κ3) is 9.94. The molecule has 1 nitrogen and oxygen atoms in total. The molecule has 1 heteroatoms. The van der Waals surface area contributed by atoms with Gasteiger partial charge < -0.3 is 0 Å². The fourth-order valence-electron chi connectivity index (χ4n) is 3.57. The summed E-state index contributed by atoms with van der Waals surface area (Å²) in [7, 11) is 0. The maximum atomic E-state index is 9.46. The third-order valence-electron chi connectivity index (χ3n) is 5.23. The van der Waals surface area contributed by atoms with Gasteiger partial charge in [0.2, 0.25) is 0 Å². The summed E-state index contributed by atoms with van der Waals surface area (Å²) in [6, 6.07) is 2.60. The second-order valence-corrected chi connectivity index (χ2v) is 7.48. The highest BCUT2D eigenvalue weighted by Gasteiger charge is 2.22. The van der Waals surface area contributed by atoms with Crippen LogP contribution in [-0.2, 0) is 0 Å².